The van der Waals surface area contributed by atoms with Gasteiger partial charge in [-0.1, -0.05) is 35.4 Å². The third-order valence-corrected chi connectivity index (χ3v) is 6.25. The van der Waals surface area contributed by atoms with Crippen LogP contribution in [-0.4, -0.2) is 6.66 Å². The molecule has 0 saturated carbocycles. The van der Waals surface area contributed by atoms with E-state index in [0.29, 0.717) is 0 Å². The fraction of sp³-hybridized carbons (Fsp3) is 0.429. The summed E-state index contributed by atoms with van der Waals surface area (Å²) in [5.74, 6) is 0. The summed E-state index contributed by atoms with van der Waals surface area (Å²) in [5.41, 5.74) is 11.7. The van der Waals surface area contributed by atoms with Crippen LogP contribution in [0.1, 0.15) is 44.5 Å². The van der Waals surface area contributed by atoms with Crippen molar-refractivity contribution < 1.29 is 0 Å². The zero-order valence-electron chi connectivity index (χ0n) is 15.2. The first kappa shape index (κ1) is 17.2. The number of hydrogen-bond acceptors (Lipinski definition) is 0. The molecule has 2 aromatic carbocycles. The summed E-state index contributed by atoms with van der Waals surface area (Å²) in [6.07, 6.45) is 2.47. The lowest BCUT2D eigenvalue weighted by atomic mass is 10.0. The summed E-state index contributed by atoms with van der Waals surface area (Å²) in [6, 6.07) is 9.31. The van der Waals surface area contributed by atoms with Crippen LogP contribution in [0.25, 0.3) is 0 Å². The maximum atomic E-state index is 2.45. The molecular weight excluding hydrogens is 283 g/mol. The average Bonchev–Trinajstić information content (AvgIpc) is 2.38. The average molecular weight is 312 g/mol. The minimum Gasteiger partial charge on any atom is -0.101 e. The molecule has 0 bridgehead atoms. The summed E-state index contributed by atoms with van der Waals surface area (Å²) >= 11 is 0. The van der Waals surface area contributed by atoms with E-state index in [2.05, 4.69) is 72.5 Å². The van der Waals surface area contributed by atoms with Crippen molar-refractivity contribution >= 4 is 7.92 Å². The molecule has 118 valence electrons. The van der Waals surface area contributed by atoms with Gasteiger partial charge in [0, 0.05) is 0 Å². The predicted octanol–water partition coefficient (Wildman–Crippen LogP) is 6.35. The predicted molar refractivity (Wildman–Crippen MR) is 102 cm³/mol. The Labute approximate surface area is 137 Å². The largest absolute Gasteiger partial charge is 0.101 e. The molecule has 0 atom stereocenters. The van der Waals surface area contributed by atoms with E-state index in [1.165, 1.54) is 45.7 Å². The molecule has 0 aliphatic rings. The first-order chi connectivity index (χ1) is 10.3. The molecule has 0 N–H and O–H groups in total. The molecule has 0 heterocycles. The highest BCUT2D eigenvalue weighted by Crippen LogP contribution is 2.42. The van der Waals surface area contributed by atoms with Crippen molar-refractivity contribution in [3.63, 3.8) is 0 Å². The minimum atomic E-state index is -0.0172. The second-order valence-electron chi connectivity index (χ2n) is 6.93. The quantitative estimate of drug-likeness (QED) is 0.577. The standard InChI is InChI=1S/C21H29P/c1-14-8-16(3)20(17(4)9-14)12-22(7)13-21-18(5)10-15(2)11-19(21)6/h8-11H,12-13H2,1-7H3. The van der Waals surface area contributed by atoms with Gasteiger partial charge in [-0.05, 0) is 93.9 Å². The maximum Gasteiger partial charge on any atom is -0.00673 e. The number of benzene rings is 2. The first-order valence-corrected chi connectivity index (χ1v) is 10.3. The Kier molecular flexibility index (Phi) is 5.45. The van der Waals surface area contributed by atoms with Gasteiger partial charge in [-0.25, -0.2) is 0 Å². The molecule has 2 aromatic rings. The van der Waals surface area contributed by atoms with E-state index in [1.54, 1.807) is 11.1 Å². The lowest BCUT2D eigenvalue weighted by Gasteiger charge is -2.19. The van der Waals surface area contributed by atoms with E-state index < -0.39 is 0 Å². The molecule has 0 saturated heterocycles. The molecule has 0 aromatic heterocycles. The molecule has 0 spiro atoms. The van der Waals surface area contributed by atoms with Crippen molar-refractivity contribution in [3.8, 4) is 0 Å². The lowest BCUT2D eigenvalue weighted by Crippen LogP contribution is -1.98. The van der Waals surface area contributed by atoms with E-state index in [0.717, 1.165) is 0 Å². The van der Waals surface area contributed by atoms with Crippen molar-refractivity contribution in [2.45, 2.75) is 53.9 Å². The van der Waals surface area contributed by atoms with Gasteiger partial charge in [0.15, 0.2) is 0 Å². The highest BCUT2D eigenvalue weighted by atomic mass is 31.1. The van der Waals surface area contributed by atoms with Gasteiger partial charge in [0.25, 0.3) is 0 Å². The van der Waals surface area contributed by atoms with Gasteiger partial charge >= 0.3 is 0 Å². The van der Waals surface area contributed by atoms with Crippen molar-refractivity contribution in [3.05, 3.63) is 68.8 Å². The van der Waals surface area contributed by atoms with E-state index >= 15 is 0 Å². The van der Waals surface area contributed by atoms with Crippen LogP contribution in [0.5, 0.6) is 0 Å². The van der Waals surface area contributed by atoms with Gasteiger partial charge in [0.1, 0.15) is 0 Å². The Hall–Kier alpha value is -1.13. The molecule has 0 nitrogen and oxygen atoms in total. The summed E-state index contributed by atoms with van der Waals surface area (Å²) in [6.45, 7) is 15.9. The van der Waals surface area contributed by atoms with Crippen LogP contribution in [0.15, 0.2) is 24.3 Å². The molecule has 22 heavy (non-hydrogen) atoms. The molecular formula is C21H29P. The normalized spacial score (nSPS) is 11.3. The third kappa shape index (κ3) is 3.99. The molecule has 0 amide bonds. The van der Waals surface area contributed by atoms with Gasteiger partial charge in [-0.3, -0.25) is 0 Å². The van der Waals surface area contributed by atoms with Gasteiger partial charge in [0.05, 0.1) is 0 Å². The summed E-state index contributed by atoms with van der Waals surface area (Å²) < 4.78 is 0. The summed E-state index contributed by atoms with van der Waals surface area (Å²) in [4.78, 5) is 0. The second kappa shape index (κ2) is 6.97. The first-order valence-electron chi connectivity index (χ1n) is 8.10. The molecule has 2 rings (SSSR count). The lowest BCUT2D eigenvalue weighted by molar-refractivity contribution is 1.17. The SMILES string of the molecule is Cc1cc(C)c(CP(C)Cc2c(C)cc(C)cc2C)c(C)c1. The Bertz CT molecular complexity index is 577. The highest BCUT2D eigenvalue weighted by molar-refractivity contribution is 7.55. The maximum absolute atomic E-state index is 2.45. The Balaban J connectivity index is 2.19. The molecule has 0 fully saturated rings. The van der Waals surface area contributed by atoms with Crippen LogP contribution in [-0.2, 0) is 12.3 Å². The Morgan fingerprint density at radius 2 is 0.864 bits per heavy atom. The van der Waals surface area contributed by atoms with Crippen LogP contribution < -0.4 is 0 Å². The zero-order valence-corrected chi connectivity index (χ0v) is 16.1. The van der Waals surface area contributed by atoms with Crippen LogP contribution in [0.4, 0.5) is 0 Å². The van der Waals surface area contributed by atoms with Crippen molar-refractivity contribution in [1.82, 2.24) is 0 Å². The fourth-order valence-corrected chi connectivity index (χ4v) is 5.70. The molecule has 1 heteroatoms. The summed E-state index contributed by atoms with van der Waals surface area (Å²) in [5, 5.41) is 0. The molecule has 0 unspecified atom stereocenters. The fourth-order valence-electron chi connectivity index (χ4n) is 3.51. The Morgan fingerprint density at radius 3 is 1.14 bits per heavy atom. The highest BCUT2D eigenvalue weighted by Gasteiger charge is 2.12. The smallest absolute Gasteiger partial charge is 0.00673 e. The van der Waals surface area contributed by atoms with Crippen LogP contribution in [0, 0.1) is 41.5 Å². The summed E-state index contributed by atoms with van der Waals surface area (Å²) in [7, 11) is -0.0172. The number of hydrogen-bond donors (Lipinski definition) is 0. The van der Waals surface area contributed by atoms with Gasteiger partial charge in [-0.2, -0.15) is 0 Å². The van der Waals surface area contributed by atoms with Gasteiger partial charge < -0.3 is 0 Å². The van der Waals surface area contributed by atoms with Gasteiger partial charge in [-0.15, -0.1) is 7.92 Å². The van der Waals surface area contributed by atoms with Crippen LogP contribution >= 0.6 is 7.92 Å². The minimum absolute atomic E-state index is 0.0172. The van der Waals surface area contributed by atoms with E-state index in [-0.39, 0.29) is 7.92 Å². The van der Waals surface area contributed by atoms with Crippen molar-refractivity contribution in [1.29, 1.82) is 0 Å². The number of rotatable bonds is 4. The number of aryl methyl sites for hydroxylation is 6. The molecule has 0 radical (unpaired) electrons. The second-order valence-corrected chi connectivity index (χ2v) is 9.27. The zero-order chi connectivity index (χ0) is 16.4. The van der Waals surface area contributed by atoms with Crippen molar-refractivity contribution in [2.24, 2.45) is 0 Å². The van der Waals surface area contributed by atoms with Crippen molar-refractivity contribution in [2.75, 3.05) is 6.66 Å². The van der Waals surface area contributed by atoms with Crippen LogP contribution in [0.2, 0.25) is 0 Å². The molecule has 0 aliphatic carbocycles. The van der Waals surface area contributed by atoms with Gasteiger partial charge in [0.2, 0.25) is 0 Å². The Morgan fingerprint density at radius 1 is 0.591 bits per heavy atom. The van der Waals surface area contributed by atoms with Crippen LogP contribution in [0.3, 0.4) is 0 Å². The van der Waals surface area contributed by atoms with E-state index in [1.807, 2.05) is 0 Å². The third-order valence-electron chi connectivity index (χ3n) is 4.54. The van der Waals surface area contributed by atoms with E-state index in [9.17, 15) is 0 Å². The van der Waals surface area contributed by atoms with E-state index in [4.69, 9.17) is 0 Å². The topological polar surface area (TPSA) is 0 Å². The monoisotopic (exact) mass is 312 g/mol. The molecule has 0 aliphatic heterocycles.